The average Bonchev–Trinajstić information content (AvgIpc) is 3.40. The Balaban J connectivity index is 1.49. The number of carbonyl (C=O) groups excluding carboxylic acids is 1. The minimum atomic E-state index is -3.38. The molecule has 4 aromatic rings. The highest BCUT2D eigenvalue weighted by molar-refractivity contribution is 7.92. The number of hydrogen-bond acceptors (Lipinski definition) is 7. The third-order valence-corrected chi connectivity index (χ3v) is 7.77. The Hall–Kier alpha value is -3.17. The summed E-state index contributed by atoms with van der Waals surface area (Å²) in [5, 5.41) is 5.34. The first-order valence-corrected chi connectivity index (χ1v) is 12.5. The lowest BCUT2D eigenvalue weighted by molar-refractivity contribution is 0.102. The van der Waals surface area contributed by atoms with Crippen LogP contribution in [0.15, 0.2) is 63.2 Å². The summed E-state index contributed by atoms with van der Waals surface area (Å²) < 4.78 is 35.9. The number of rotatable bonds is 7. The molecule has 0 fully saturated rings. The molecule has 0 saturated heterocycles. The predicted octanol–water partition coefficient (Wildman–Crippen LogP) is 5.39. The van der Waals surface area contributed by atoms with E-state index in [9.17, 15) is 13.2 Å². The van der Waals surface area contributed by atoms with E-state index >= 15 is 0 Å². The van der Waals surface area contributed by atoms with Gasteiger partial charge in [0, 0.05) is 16.3 Å². The van der Waals surface area contributed by atoms with Gasteiger partial charge in [-0.25, -0.2) is 13.4 Å². The van der Waals surface area contributed by atoms with Crippen LogP contribution in [-0.4, -0.2) is 31.2 Å². The zero-order valence-corrected chi connectivity index (χ0v) is 19.4. The van der Waals surface area contributed by atoms with Crippen molar-refractivity contribution in [3.63, 3.8) is 0 Å². The van der Waals surface area contributed by atoms with Gasteiger partial charge in [0.2, 0.25) is 0 Å². The van der Waals surface area contributed by atoms with E-state index in [1.807, 2.05) is 31.2 Å². The van der Waals surface area contributed by atoms with E-state index < -0.39 is 15.1 Å². The summed E-state index contributed by atoms with van der Waals surface area (Å²) in [7, 11) is -3.38. The Labute approximate surface area is 190 Å². The molecule has 1 N–H and O–H groups in total. The number of sulfone groups is 1. The molecule has 0 atom stereocenters. The number of fused-ring (bicyclic) bond motifs is 1. The number of hydrogen-bond donors (Lipinski definition) is 1. The van der Waals surface area contributed by atoms with Crippen molar-refractivity contribution in [1.29, 1.82) is 0 Å². The SMILES string of the molecule is CCOc1ccc2oc(-c3csc(NC(=O)c4ccc(S(=O)(=O)C(C)C)cc4)n3)cc2c1. The predicted molar refractivity (Wildman–Crippen MR) is 125 cm³/mol. The molecular weight excluding hydrogens is 448 g/mol. The number of furan rings is 1. The van der Waals surface area contributed by atoms with Gasteiger partial charge in [-0.2, -0.15) is 0 Å². The van der Waals surface area contributed by atoms with E-state index in [0.29, 0.717) is 28.8 Å². The quantitative estimate of drug-likeness (QED) is 0.389. The number of nitrogens with one attached hydrogen (secondary N) is 1. The second-order valence-electron chi connectivity index (χ2n) is 7.35. The Morgan fingerprint density at radius 2 is 1.91 bits per heavy atom. The highest BCUT2D eigenvalue weighted by atomic mass is 32.2. The lowest BCUT2D eigenvalue weighted by Crippen LogP contribution is -2.15. The van der Waals surface area contributed by atoms with E-state index in [1.165, 1.54) is 35.6 Å². The first kappa shape index (κ1) is 22.0. The van der Waals surface area contributed by atoms with Gasteiger partial charge < -0.3 is 9.15 Å². The lowest BCUT2D eigenvalue weighted by Gasteiger charge is -2.08. The molecule has 166 valence electrons. The topological polar surface area (TPSA) is 98.5 Å². The van der Waals surface area contributed by atoms with Gasteiger partial charge >= 0.3 is 0 Å². The zero-order chi connectivity index (χ0) is 22.9. The summed E-state index contributed by atoms with van der Waals surface area (Å²) in [5.41, 5.74) is 1.67. The van der Waals surface area contributed by atoms with Crippen molar-refractivity contribution in [2.75, 3.05) is 11.9 Å². The minimum absolute atomic E-state index is 0.193. The number of thiazole rings is 1. The molecule has 7 nitrogen and oxygen atoms in total. The fraction of sp³-hybridized carbons (Fsp3) is 0.217. The van der Waals surface area contributed by atoms with Crippen LogP contribution in [-0.2, 0) is 9.84 Å². The second-order valence-corrected chi connectivity index (χ2v) is 10.7. The van der Waals surface area contributed by atoms with Gasteiger partial charge in [-0.05, 0) is 69.3 Å². The molecule has 2 aromatic heterocycles. The molecule has 0 saturated carbocycles. The van der Waals surface area contributed by atoms with Crippen molar-refractivity contribution < 1.29 is 22.4 Å². The van der Waals surface area contributed by atoms with Crippen LogP contribution in [0, 0.1) is 0 Å². The van der Waals surface area contributed by atoms with Gasteiger partial charge in [-0.15, -0.1) is 11.3 Å². The standard InChI is InChI=1S/C23H22N2O5S2/c1-4-29-17-7-10-20-16(11-17)12-21(30-20)19-13-31-23(24-19)25-22(26)15-5-8-18(9-6-15)32(27,28)14(2)3/h5-14H,4H2,1-3H3,(H,24,25,26). The minimum Gasteiger partial charge on any atom is -0.494 e. The maximum atomic E-state index is 12.6. The fourth-order valence-corrected chi connectivity index (χ4v) is 4.84. The van der Waals surface area contributed by atoms with Crippen LogP contribution in [0.3, 0.4) is 0 Å². The van der Waals surface area contributed by atoms with Crippen LogP contribution in [0.25, 0.3) is 22.4 Å². The van der Waals surface area contributed by atoms with Gasteiger partial charge in [0.15, 0.2) is 20.7 Å². The van der Waals surface area contributed by atoms with Gasteiger partial charge in [-0.1, -0.05) is 0 Å². The number of benzene rings is 2. The first-order valence-electron chi connectivity index (χ1n) is 10.1. The largest absolute Gasteiger partial charge is 0.494 e. The van der Waals surface area contributed by atoms with Crippen molar-refractivity contribution in [2.45, 2.75) is 30.9 Å². The first-order chi connectivity index (χ1) is 15.3. The van der Waals surface area contributed by atoms with Crippen LogP contribution < -0.4 is 10.1 Å². The number of amides is 1. The van der Waals surface area contributed by atoms with Gasteiger partial charge in [0.05, 0.1) is 16.8 Å². The Kier molecular flexibility index (Phi) is 6.03. The number of carbonyl (C=O) groups is 1. The molecule has 1 amide bonds. The summed E-state index contributed by atoms with van der Waals surface area (Å²) in [6.07, 6.45) is 0. The molecule has 0 aliphatic carbocycles. The molecule has 2 aromatic carbocycles. The molecule has 4 rings (SSSR count). The van der Waals surface area contributed by atoms with Gasteiger partial charge in [-0.3, -0.25) is 10.1 Å². The molecule has 0 unspecified atom stereocenters. The lowest BCUT2D eigenvalue weighted by atomic mass is 10.2. The molecule has 32 heavy (non-hydrogen) atoms. The summed E-state index contributed by atoms with van der Waals surface area (Å²) in [4.78, 5) is 17.2. The van der Waals surface area contributed by atoms with Crippen molar-refractivity contribution in [3.8, 4) is 17.2 Å². The summed E-state index contributed by atoms with van der Waals surface area (Å²) in [6, 6.07) is 13.4. The van der Waals surface area contributed by atoms with Crippen molar-refractivity contribution in [3.05, 3.63) is 59.5 Å². The molecule has 0 spiro atoms. The third kappa shape index (κ3) is 4.39. The van der Waals surface area contributed by atoms with Crippen LogP contribution in [0.2, 0.25) is 0 Å². The van der Waals surface area contributed by atoms with Gasteiger partial charge in [0.1, 0.15) is 17.0 Å². The Bertz CT molecular complexity index is 1370. The molecule has 2 heterocycles. The second kappa shape index (κ2) is 8.76. The summed E-state index contributed by atoms with van der Waals surface area (Å²) in [6.45, 7) is 5.76. The Morgan fingerprint density at radius 1 is 1.16 bits per heavy atom. The van der Waals surface area contributed by atoms with Crippen molar-refractivity contribution in [1.82, 2.24) is 4.98 Å². The third-order valence-electron chi connectivity index (χ3n) is 4.84. The molecule has 0 aliphatic heterocycles. The van der Waals surface area contributed by atoms with E-state index in [2.05, 4.69) is 10.3 Å². The monoisotopic (exact) mass is 470 g/mol. The molecule has 0 radical (unpaired) electrons. The highest BCUT2D eigenvalue weighted by Crippen LogP contribution is 2.32. The number of nitrogens with zero attached hydrogens (tertiary/aromatic N) is 1. The molecule has 9 heteroatoms. The molecule has 0 aliphatic rings. The van der Waals surface area contributed by atoms with Crippen molar-refractivity contribution in [2.24, 2.45) is 0 Å². The fourth-order valence-electron chi connectivity index (χ4n) is 3.09. The number of aromatic nitrogens is 1. The van der Waals surface area contributed by atoms with Crippen molar-refractivity contribution >= 4 is 43.2 Å². The van der Waals surface area contributed by atoms with E-state index in [4.69, 9.17) is 9.15 Å². The Morgan fingerprint density at radius 3 is 2.59 bits per heavy atom. The van der Waals surface area contributed by atoms with Gasteiger partial charge in [0.25, 0.3) is 5.91 Å². The smallest absolute Gasteiger partial charge is 0.257 e. The average molecular weight is 471 g/mol. The highest BCUT2D eigenvalue weighted by Gasteiger charge is 2.20. The van der Waals surface area contributed by atoms with E-state index in [0.717, 1.165) is 16.7 Å². The molecular formula is C23H22N2O5S2. The molecule has 0 bridgehead atoms. The van der Waals surface area contributed by atoms with Crippen LogP contribution in [0.1, 0.15) is 31.1 Å². The zero-order valence-electron chi connectivity index (χ0n) is 17.8. The maximum absolute atomic E-state index is 12.6. The summed E-state index contributed by atoms with van der Waals surface area (Å²) >= 11 is 1.28. The normalized spacial score (nSPS) is 11.8. The van der Waals surface area contributed by atoms with Crippen LogP contribution >= 0.6 is 11.3 Å². The number of anilines is 1. The van der Waals surface area contributed by atoms with Crippen LogP contribution in [0.4, 0.5) is 5.13 Å². The van der Waals surface area contributed by atoms with Crippen LogP contribution in [0.5, 0.6) is 5.75 Å². The maximum Gasteiger partial charge on any atom is 0.257 e. The van der Waals surface area contributed by atoms with E-state index in [-0.39, 0.29) is 10.8 Å². The summed E-state index contributed by atoms with van der Waals surface area (Å²) in [5.74, 6) is 0.991. The van der Waals surface area contributed by atoms with E-state index in [1.54, 1.807) is 19.2 Å². The number of ether oxygens (including phenoxy) is 1.